The van der Waals surface area contributed by atoms with E-state index in [1.165, 1.54) is 0 Å². The summed E-state index contributed by atoms with van der Waals surface area (Å²) in [6.45, 7) is 6.41. The molecule has 4 heterocycles. The number of likely N-dealkylation sites (tertiary alicyclic amines) is 1. The minimum Gasteiger partial charge on any atom is -0.436 e. The van der Waals surface area contributed by atoms with Crippen LogP contribution in [0.3, 0.4) is 0 Å². The molecule has 12 heteroatoms. The van der Waals surface area contributed by atoms with E-state index in [0.717, 1.165) is 62.3 Å². The van der Waals surface area contributed by atoms with E-state index in [4.69, 9.17) is 27.9 Å². The van der Waals surface area contributed by atoms with E-state index in [-0.39, 0.29) is 24.4 Å². The van der Waals surface area contributed by atoms with E-state index in [1.807, 2.05) is 40.1 Å². The van der Waals surface area contributed by atoms with Crippen LogP contribution in [0.25, 0.3) is 0 Å². The van der Waals surface area contributed by atoms with Crippen LogP contribution in [-0.4, -0.2) is 115 Å². The second kappa shape index (κ2) is 14.6. The van der Waals surface area contributed by atoms with Crippen LogP contribution in [0.1, 0.15) is 36.8 Å². The highest BCUT2D eigenvalue weighted by Gasteiger charge is 2.36. The van der Waals surface area contributed by atoms with Crippen LogP contribution in [-0.2, 0) is 22.4 Å². The fourth-order valence-corrected chi connectivity index (χ4v) is 7.36. The van der Waals surface area contributed by atoms with Crippen LogP contribution < -0.4 is 10.6 Å². The molecule has 4 aliphatic heterocycles. The van der Waals surface area contributed by atoms with Crippen molar-refractivity contribution in [3.63, 3.8) is 0 Å². The molecule has 4 amide bonds. The first-order valence-corrected chi connectivity index (χ1v) is 16.9. The fourth-order valence-electron chi connectivity index (χ4n) is 7.04. The topological polar surface area (TPSA) is 97.5 Å². The quantitative estimate of drug-likeness (QED) is 0.476. The molecule has 0 unspecified atom stereocenters. The van der Waals surface area contributed by atoms with Gasteiger partial charge in [0.2, 0.25) is 0 Å². The van der Waals surface area contributed by atoms with Crippen molar-refractivity contribution >= 4 is 46.9 Å². The second-order valence-electron chi connectivity index (χ2n) is 12.4. The Morgan fingerprint density at radius 2 is 1.58 bits per heavy atom. The number of carbonyl (C=O) groups excluding carboxylic acids is 3. The largest absolute Gasteiger partial charge is 0.436 e. The van der Waals surface area contributed by atoms with Crippen LogP contribution in [0.15, 0.2) is 42.5 Å². The van der Waals surface area contributed by atoms with Gasteiger partial charge in [-0.05, 0) is 74.5 Å². The van der Waals surface area contributed by atoms with Crippen molar-refractivity contribution in [2.24, 2.45) is 0 Å². The zero-order valence-electron chi connectivity index (χ0n) is 25.6. The second-order valence-corrected chi connectivity index (χ2v) is 13.2. The van der Waals surface area contributed by atoms with Gasteiger partial charge in [-0.1, -0.05) is 47.5 Å². The molecule has 242 valence electrons. The van der Waals surface area contributed by atoms with Gasteiger partial charge in [0.25, 0.3) is 5.91 Å². The number of urea groups is 1. The van der Waals surface area contributed by atoms with Crippen LogP contribution in [0.2, 0.25) is 10.0 Å². The number of hydrogen-bond acceptors (Lipinski definition) is 6. The third-order valence-electron chi connectivity index (χ3n) is 9.68. The molecule has 45 heavy (non-hydrogen) atoms. The van der Waals surface area contributed by atoms with E-state index >= 15 is 0 Å². The predicted molar refractivity (Wildman–Crippen MR) is 175 cm³/mol. The van der Waals surface area contributed by atoms with E-state index in [2.05, 4.69) is 15.5 Å². The first kappa shape index (κ1) is 31.9. The van der Waals surface area contributed by atoms with E-state index < -0.39 is 12.2 Å². The molecular formula is C33H42Cl2N6O4. The molecular weight excluding hydrogens is 615 g/mol. The molecule has 0 aliphatic carbocycles. The minimum atomic E-state index is -0.979. The maximum atomic E-state index is 13.9. The lowest BCUT2D eigenvalue weighted by Gasteiger charge is -2.41. The van der Waals surface area contributed by atoms with Crippen molar-refractivity contribution in [1.82, 2.24) is 24.9 Å². The number of piperazine rings is 1. The van der Waals surface area contributed by atoms with E-state index in [9.17, 15) is 14.4 Å². The van der Waals surface area contributed by atoms with E-state index in [0.29, 0.717) is 61.7 Å². The number of anilines is 1. The van der Waals surface area contributed by atoms with Crippen molar-refractivity contribution in [2.45, 2.75) is 56.7 Å². The van der Waals surface area contributed by atoms with Gasteiger partial charge in [0.15, 0.2) is 6.10 Å². The van der Waals surface area contributed by atoms with E-state index in [1.54, 1.807) is 17.0 Å². The summed E-state index contributed by atoms with van der Waals surface area (Å²) in [5.74, 6) is -0.185. The first-order chi connectivity index (χ1) is 21.9. The minimum absolute atomic E-state index is 0.0215. The predicted octanol–water partition coefficient (Wildman–Crippen LogP) is 4.49. The zero-order valence-corrected chi connectivity index (χ0v) is 27.1. The molecule has 0 bridgehead atoms. The summed E-state index contributed by atoms with van der Waals surface area (Å²) in [5, 5.41) is 7.28. The molecule has 6 rings (SSSR count). The van der Waals surface area contributed by atoms with Gasteiger partial charge in [0.1, 0.15) is 0 Å². The summed E-state index contributed by atoms with van der Waals surface area (Å²) in [5.41, 5.74) is 2.76. The normalized spacial score (nSPS) is 21.1. The fraction of sp³-hybridized carbons (Fsp3) is 0.545. The molecule has 3 fully saturated rings. The van der Waals surface area contributed by atoms with Crippen molar-refractivity contribution in [2.75, 3.05) is 64.2 Å². The van der Waals surface area contributed by atoms with Gasteiger partial charge in [-0.15, -0.1) is 0 Å². The average molecular weight is 658 g/mol. The SMILES string of the molecule is O=C(O[C@H](Cc1ccc(Cl)c(Cl)c1)C(=O)N1CCN(C2CCNCC2)CC1)N1CCC(N2CCc3ccccc3NC2=O)CC1. The summed E-state index contributed by atoms with van der Waals surface area (Å²) in [6.07, 6.45) is 3.03. The third-order valence-corrected chi connectivity index (χ3v) is 10.4. The number of amides is 4. The average Bonchev–Trinajstić information content (AvgIpc) is 3.24. The highest BCUT2D eigenvalue weighted by molar-refractivity contribution is 6.42. The summed E-state index contributed by atoms with van der Waals surface area (Å²) >= 11 is 12.4. The Morgan fingerprint density at radius 3 is 2.31 bits per heavy atom. The number of benzene rings is 2. The van der Waals surface area contributed by atoms with Crippen LogP contribution >= 0.6 is 23.2 Å². The standard InChI is InChI=1S/C33H42Cl2N6O4/c34-27-6-5-23(21-28(27)35)22-30(31(42)39-19-17-38(18-20-39)25-7-12-36-13-8-25)45-33(44)40-14-10-26(11-15-40)41-16-9-24-3-1-2-4-29(24)37-32(41)43/h1-6,21,25-26,30,36H,7-20,22H2,(H,37,43)/t30-/m1/s1. The van der Waals surface area contributed by atoms with Gasteiger partial charge in [-0.2, -0.15) is 0 Å². The number of nitrogens with one attached hydrogen (secondary N) is 2. The summed E-state index contributed by atoms with van der Waals surface area (Å²) < 4.78 is 5.99. The molecule has 1 atom stereocenters. The van der Waals surface area contributed by atoms with Crippen molar-refractivity contribution in [3.05, 3.63) is 63.6 Å². The van der Waals surface area contributed by atoms with Crippen LogP contribution in [0.4, 0.5) is 15.3 Å². The number of fused-ring (bicyclic) bond motifs is 1. The number of piperidine rings is 2. The van der Waals surface area contributed by atoms with Gasteiger partial charge < -0.3 is 30.1 Å². The molecule has 2 aromatic carbocycles. The Balaban J connectivity index is 1.07. The highest BCUT2D eigenvalue weighted by atomic mass is 35.5. The lowest BCUT2D eigenvalue weighted by Crippen LogP contribution is -2.56. The summed E-state index contributed by atoms with van der Waals surface area (Å²) in [6, 6.07) is 13.6. The summed E-state index contributed by atoms with van der Waals surface area (Å²) in [7, 11) is 0. The van der Waals surface area contributed by atoms with Gasteiger partial charge >= 0.3 is 12.1 Å². The van der Waals surface area contributed by atoms with Gasteiger partial charge in [0.05, 0.1) is 10.0 Å². The van der Waals surface area contributed by atoms with Gasteiger partial charge in [-0.3, -0.25) is 9.69 Å². The Morgan fingerprint density at radius 1 is 0.844 bits per heavy atom. The number of carbonyl (C=O) groups is 3. The Kier molecular flexibility index (Phi) is 10.3. The molecule has 2 aromatic rings. The van der Waals surface area contributed by atoms with Crippen molar-refractivity contribution < 1.29 is 19.1 Å². The molecule has 4 aliphatic rings. The maximum absolute atomic E-state index is 13.9. The van der Waals surface area contributed by atoms with Gasteiger partial charge in [0, 0.05) is 70.0 Å². The lowest BCUT2D eigenvalue weighted by molar-refractivity contribution is -0.143. The Labute approximate surface area is 274 Å². The summed E-state index contributed by atoms with van der Waals surface area (Å²) in [4.78, 5) is 48.3. The van der Waals surface area contributed by atoms with Crippen LogP contribution in [0, 0.1) is 0 Å². The molecule has 3 saturated heterocycles. The Bertz CT molecular complexity index is 1370. The zero-order chi connectivity index (χ0) is 31.3. The van der Waals surface area contributed by atoms with Crippen molar-refractivity contribution in [3.8, 4) is 0 Å². The molecule has 0 spiro atoms. The molecule has 10 nitrogen and oxygen atoms in total. The number of rotatable bonds is 6. The van der Waals surface area contributed by atoms with Crippen LogP contribution in [0.5, 0.6) is 0 Å². The smallest absolute Gasteiger partial charge is 0.410 e. The number of ether oxygens (including phenoxy) is 1. The van der Waals surface area contributed by atoms with Crippen molar-refractivity contribution in [1.29, 1.82) is 0 Å². The van der Waals surface area contributed by atoms with Gasteiger partial charge in [-0.25, -0.2) is 9.59 Å². The Hall–Kier alpha value is -3.05. The molecule has 0 aromatic heterocycles. The first-order valence-electron chi connectivity index (χ1n) is 16.1. The molecule has 2 N–H and O–H groups in total. The molecule has 0 saturated carbocycles. The maximum Gasteiger partial charge on any atom is 0.410 e. The number of nitrogens with zero attached hydrogens (tertiary/aromatic N) is 4. The number of para-hydroxylation sites is 1. The highest BCUT2D eigenvalue weighted by Crippen LogP contribution is 2.27. The monoisotopic (exact) mass is 656 g/mol. The third kappa shape index (κ3) is 7.68. The molecule has 0 radical (unpaired) electrons. The lowest BCUT2D eigenvalue weighted by atomic mass is 10.0. The number of halogens is 2. The number of hydrogen-bond donors (Lipinski definition) is 2.